The average molecular weight is 550 g/mol. The van der Waals surface area contributed by atoms with Crippen molar-refractivity contribution in [2.75, 3.05) is 37.6 Å². The zero-order valence-electron chi connectivity index (χ0n) is 19.7. The van der Waals surface area contributed by atoms with Crippen molar-refractivity contribution < 1.29 is 26.4 Å². The topological polar surface area (TPSA) is 113 Å². The lowest BCUT2D eigenvalue weighted by atomic mass is 10.2. The maximum atomic E-state index is 12.6. The van der Waals surface area contributed by atoms with E-state index in [0.717, 1.165) is 24.2 Å². The number of nitrogens with one attached hydrogen (secondary N) is 1. The van der Waals surface area contributed by atoms with E-state index < -0.39 is 20.0 Å². The summed E-state index contributed by atoms with van der Waals surface area (Å²) in [6.45, 7) is 1.53. The molecule has 4 rings (SSSR count). The van der Waals surface area contributed by atoms with E-state index in [1.807, 2.05) is 0 Å². The Morgan fingerprint density at radius 2 is 1.67 bits per heavy atom. The second-order valence-electron chi connectivity index (χ2n) is 8.14. The minimum atomic E-state index is -3.64. The molecule has 1 saturated heterocycles. The van der Waals surface area contributed by atoms with Gasteiger partial charge in [0.2, 0.25) is 10.0 Å². The van der Waals surface area contributed by atoms with E-state index in [9.17, 15) is 21.6 Å². The Morgan fingerprint density at radius 3 is 2.28 bits per heavy atom. The first kappa shape index (κ1) is 26.1. The Morgan fingerprint density at radius 1 is 1.00 bits per heavy atom. The van der Waals surface area contributed by atoms with Crippen LogP contribution in [0.2, 0.25) is 0 Å². The average Bonchev–Trinajstić information content (AvgIpc) is 3.62. The third-order valence-corrected chi connectivity index (χ3v) is 10.9. The number of benzene rings is 2. The standard InChI is InChI=1S/C24H27N3O6S3/c1-26(36(31,32)23-5-4-18-34-23)20-8-6-19(7-9-20)24(28)25-14-17-33-21-10-12-22(13-11-21)35(29,30)27-15-2-3-16-27/h4-13,18H,2-3,14-17H2,1H3,(H,25,28). The van der Waals surface area contributed by atoms with Crippen LogP contribution in [0.3, 0.4) is 0 Å². The zero-order chi connectivity index (χ0) is 25.8. The second kappa shape index (κ2) is 11.0. The fraction of sp³-hybridized carbons (Fsp3) is 0.292. The molecule has 0 aliphatic carbocycles. The smallest absolute Gasteiger partial charge is 0.273 e. The number of ether oxygens (including phenoxy) is 1. The highest BCUT2D eigenvalue weighted by molar-refractivity contribution is 7.94. The van der Waals surface area contributed by atoms with Crippen molar-refractivity contribution >= 4 is 43.0 Å². The molecule has 0 bridgehead atoms. The summed E-state index contributed by atoms with van der Waals surface area (Å²) in [5, 5.41) is 4.45. The minimum absolute atomic E-state index is 0.198. The number of amides is 1. The van der Waals surface area contributed by atoms with Gasteiger partial charge in [-0.2, -0.15) is 4.31 Å². The van der Waals surface area contributed by atoms with E-state index in [1.165, 1.54) is 27.8 Å². The molecule has 0 spiro atoms. The van der Waals surface area contributed by atoms with Crippen molar-refractivity contribution in [3.63, 3.8) is 0 Å². The van der Waals surface area contributed by atoms with Crippen molar-refractivity contribution in [1.82, 2.24) is 9.62 Å². The van der Waals surface area contributed by atoms with Gasteiger partial charge in [-0.3, -0.25) is 9.10 Å². The largest absolute Gasteiger partial charge is 0.492 e. The van der Waals surface area contributed by atoms with Crippen LogP contribution in [-0.2, 0) is 20.0 Å². The molecule has 1 amide bonds. The van der Waals surface area contributed by atoms with E-state index in [0.29, 0.717) is 30.1 Å². The first-order valence-electron chi connectivity index (χ1n) is 11.3. The van der Waals surface area contributed by atoms with Crippen molar-refractivity contribution in [1.29, 1.82) is 0 Å². The van der Waals surface area contributed by atoms with Crippen molar-refractivity contribution in [3.8, 4) is 5.75 Å². The molecule has 2 heterocycles. The van der Waals surface area contributed by atoms with Gasteiger partial charge < -0.3 is 10.1 Å². The first-order chi connectivity index (χ1) is 17.2. The lowest BCUT2D eigenvalue weighted by molar-refractivity contribution is 0.0947. The Bertz CT molecular complexity index is 1380. The van der Waals surface area contributed by atoms with Crippen LogP contribution in [0.5, 0.6) is 5.75 Å². The monoisotopic (exact) mass is 549 g/mol. The summed E-state index contributed by atoms with van der Waals surface area (Å²) in [7, 11) is -5.64. The summed E-state index contributed by atoms with van der Waals surface area (Å²) < 4.78 is 59.0. The number of carbonyl (C=O) groups excluding carboxylic acids is 1. The number of thiophene rings is 1. The van der Waals surface area contributed by atoms with Gasteiger partial charge in [0.1, 0.15) is 16.6 Å². The molecule has 1 aromatic heterocycles. The molecule has 1 aliphatic heterocycles. The number of carbonyl (C=O) groups is 1. The van der Waals surface area contributed by atoms with Crippen LogP contribution in [0.25, 0.3) is 0 Å². The van der Waals surface area contributed by atoms with Crippen LogP contribution in [0, 0.1) is 0 Å². The second-order valence-corrected chi connectivity index (χ2v) is 13.2. The summed E-state index contributed by atoms with van der Waals surface area (Å²) in [5.74, 6) is 0.185. The number of hydrogen-bond donors (Lipinski definition) is 1. The molecule has 0 radical (unpaired) electrons. The summed E-state index contributed by atoms with van der Waals surface area (Å²) >= 11 is 1.14. The maximum absolute atomic E-state index is 12.6. The molecule has 12 heteroatoms. The summed E-state index contributed by atoms with van der Waals surface area (Å²) in [6.07, 6.45) is 1.76. The quantitative estimate of drug-likeness (QED) is 0.389. The van der Waals surface area contributed by atoms with Gasteiger partial charge in [-0.25, -0.2) is 16.8 Å². The summed E-state index contributed by atoms with van der Waals surface area (Å²) in [4.78, 5) is 12.7. The normalized spacial score (nSPS) is 14.5. The lowest BCUT2D eigenvalue weighted by Gasteiger charge is -2.18. The van der Waals surface area contributed by atoms with E-state index in [1.54, 1.807) is 53.9 Å². The molecule has 192 valence electrons. The van der Waals surface area contributed by atoms with E-state index in [2.05, 4.69) is 5.32 Å². The van der Waals surface area contributed by atoms with Crippen LogP contribution in [0.15, 0.2) is 75.1 Å². The molecule has 0 saturated carbocycles. The highest BCUT2D eigenvalue weighted by Gasteiger charge is 2.27. The van der Waals surface area contributed by atoms with Crippen LogP contribution >= 0.6 is 11.3 Å². The maximum Gasteiger partial charge on any atom is 0.273 e. The summed E-state index contributed by atoms with van der Waals surface area (Å²) in [5.41, 5.74) is 0.829. The molecule has 36 heavy (non-hydrogen) atoms. The van der Waals surface area contributed by atoms with Crippen LogP contribution in [-0.4, -0.2) is 60.3 Å². The highest BCUT2D eigenvalue weighted by atomic mass is 32.2. The van der Waals surface area contributed by atoms with Gasteiger partial charge in [0.25, 0.3) is 15.9 Å². The van der Waals surface area contributed by atoms with Crippen LogP contribution < -0.4 is 14.4 Å². The molecule has 0 unspecified atom stereocenters. The van der Waals surface area contributed by atoms with Gasteiger partial charge >= 0.3 is 0 Å². The zero-order valence-corrected chi connectivity index (χ0v) is 22.1. The van der Waals surface area contributed by atoms with E-state index in [-0.39, 0.29) is 28.2 Å². The van der Waals surface area contributed by atoms with Crippen molar-refractivity contribution in [2.45, 2.75) is 21.9 Å². The van der Waals surface area contributed by atoms with Gasteiger partial charge in [-0.1, -0.05) is 6.07 Å². The van der Waals surface area contributed by atoms with Gasteiger partial charge in [0, 0.05) is 25.7 Å². The Kier molecular flexibility index (Phi) is 7.98. The van der Waals surface area contributed by atoms with Gasteiger partial charge in [-0.05, 0) is 72.8 Å². The minimum Gasteiger partial charge on any atom is -0.492 e. The predicted octanol–water partition coefficient (Wildman–Crippen LogP) is 3.17. The van der Waals surface area contributed by atoms with E-state index >= 15 is 0 Å². The SMILES string of the molecule is CN(c1ccc(C(=O)NCCOc2ccc(S(=O)(=O)N3CCCC3)cc2)cc1)S(=O)(=O)c1cccs1. The molecule has 2 aromatic carbocycles. The fourth-order valence-corrected chi connectivity index (χ4v) is 7.60. The highest BCUT2D eigenvalue weighted by Crippen LogP contribution is 2.25. The van der Waals surface area contributed by atoms with E-state index in [4.69, 9.17) is 4.74 Å². The van der Waals surface area contributed by atoms with Gasteiger partial charge in [0.15, 0.2) is 0 Å². The number of hydrogen-bond acceptors (Lipinski definition) is 7. The number of rotatable bonds is 10. The third-order valence-electron chi connectivity index (χ3n) is 5.79. The predicted molar refractivity (Wildman–Crippen MR) is 139 cm³/mol. The van der Waals surface area contributed by atoms with Crippen LogP contribution in [0.1, 0.15) is 23.2 Å². The number of sulfonamides is 2. The molecular formula is C24H27N3O6S3. The Hall–Kier alpha value is -2.93. The fourth-order valence-electron chi connectivity index (χ4n) is 3.73. The molecule has 1 N–H and O–H groups in total. The Balaban J connectivity index is 1.26. The molecular weight excluding hydrogens is 522 g/mol. The molecule has 9 nitrogen and oxygen atoms in total. The molecule has 0 atom stereocenters. The van der Waals surface area contributed by atoms with Gasteiger partial charge in [0.05, 0.1) is 17.1 Å². The molecule has 1 fully saturated rings. The van der Waals surface area contributed by atoms with Crippen LogP contribution in [0.4, 0.5) is 5.69 Å². The summed E-state index contributed by atoms with van der Waals surface area (Å²) in [6, 6.07) is 15.8. The number of nitrogens with zero attached hydrogens (tertiary/aromatic N) is 2. The molecule has 1 aliphatic rings. The lowest BCUT2D eigenvalue weighted by Crippen LogP contribution is -2.28. The Labute approximate surface area is 215 Å². The number of anilines is 1. The van der Waals surface area contributed by atoms with Crippen molar-refractivity contribution in [2.24, 2.45) is 0 Å². The third kappa shape index (κ3) is 5.72. The molecule has 3 aromatic rings. The first-order valence-corrected chi connectivity index (χ1v) is 15.1. The van der Waals surface area contributed by atoms with Gasteiger partial charge in [-0.15, -0.1) is 11.3 Å². The van der Waals surface area contributed by atoms with Crippen molar-refractivity contribution in [3.05, 3.63) is 71.6 Å².